The highest BCUT2D eigenvalue weighted by molar-refractivity contribution is 5.41. The molecule has 0 aromatic carbocycles. The van der Waals surface area contributed by atoms with Crippen LogP contribution in [0.4, 0.5) is 0 Å². The van der Waals surface area contributed by atoms with Crippen LogP contribution in [-0.2, 0) is 0 Å². The molecule has 0 heteroatoms. The molecular formula is C15H10. The molecule has 15 heavy (non-hydrogen) atoms. The molecule has 0 heterocycles. The van der Waals surface area contributed by atoms with Gasteiger partial charge in [0.2, 0.25) is 0 Å². The molecule has 0 unspecified atom stereocenters. The minimum absolute atomic E-state index is 1.70. The normalized spacial score (nSPS) is 7.27. The first-order valence-electron chi connectivity index (χ1n) is 4.28. The van der Waals surface area contributed by atoms with Gasteiger partial charge in [0.1, 0.15) is 0 Å². The van der Waals surface area contributed by atoms with E-state index in [1.165, 1.54) is 0 Å². The summed E-state index contributed by atoms with van der Waals surface area (Å²) in [6.07, 6.45) is 8.87. The van der Waals surface area contributed by atoms with Gasteiger partial charge in [-0.05, 0) is 48.5 Å². The molecule has 0 spiro atoms. The lowest BCUT2D eigenvalue weighted by molar-refractivity contribution is 1.92. The highest BCUT2D eigenvalue weighted by Gasteiger charge is 1.58. The Morgan fingerprint density at radius 1 is 0.800 bits per heavy atom. The smallest absolute Gasteiger partial charge is 0.0000226 e. The molecule has 0 aliphatic rings. The van der Waals surface area contributed by atoms with Crippen molar-refractivity contribution in [2.24, 2.45) is 0 Å². The van der Waals surface area contributed by atoms with Crippen molar-refractivity contribution in [1.29, 1.82) is 0 Å². The van der Waals surface area contributed by atoms with Crippen molar-refractivity contribution < 1.29 is 0 Å². The van der Waals surface area contributed by atoms with Crippen molar-refractivity contribution in [3.8, 4) is 47.4 Å². The van der Waals surface area contributed by atoms with Gasteiger partial charge in [-0.1, -0.05) is 42.7 Å². The van der Waals surface area contributed by atoms with E-state index in [1.807, 2.05) is 18.2 Å². The fourth-order valence-electron chi connectivity index (χ4n) is 0.512. The highest BCUT2D eigenvalue weighted by Crippen LogP contribution is 1.75. The molecule has 0 aliphatic carbocycles. The second-order valence-corrected chi connectivity index (χ2v) is 2.12. The topological polar surface area (TPSA) is 0 Å². The lowest BCUT2D eigenvalue weighted by Gasteiger charge is -1.66. The Kier molecular flexibility index (Phi) is 9.52. The molecule has 70 valence electrons. The minimum atomic E-state index is 1.70. The van der Waals surface area contributed by atoms with Gasteiger partial charge < -0.3 is 0 Å². The number of hydrogen-bond donors (Lipinski definition) is 0. The van der Waals surface area contributed by atoms with E-state index in [-0.39, 0.29) is 0 Å². The average molecular weight is 190 g/mol. The molecule has 0 bridgehead atoms. The summed E-state index contributed by atoms with van der Waals surface area (Å²) in [5, 5.41) is 0. The van der Waals surface area contributed by atoms with Crippen LogP contribution < -0.4 is 0 Å². The van der Waals surface area contributed by atoms with Gasteiger partial charge >= 0.3 is 0 Å². The van der Waals surface area contributed by atoms with Gasteiger partial charge in [0.15, 0.2) is 0 Å². The fourth-order valence-corrected chi connectivity index (χ4v) is 0.512. The van der Waals surface area contributed by atoms with Gasteiger partial charge in [0.25, 0.3) is 0 Å². The fraction of sp³-hybridized carbons (Fsp3) is 0.0667. The first-order valence-corrected chi connectivity index (χ1v) is 4.28. The van der Waals surface area contributed by atoms with Crippen molar-refractivity contribution >= 4 is 0 Å². The lowest BCUT2D eigenvalue weighted by atomic mass is 10.4. The van der Waals surface area contributed by atoms with Crippen molar-refractivity contribution in [2.75, 3.05) is 0 Å². The molecule has 0 atom stereocenters. The zero-order valence-electron chi connectivity index (χ0n) is 8.59. The van der Waals surface area contributed by atoms with E-state index in [2.05, 4.69) is 53.9 Å². The highest BCUT2D eigenvalue weighted by atomic mass is 13.6. The molecule has 0 fully saturated rings. The average Bonchev–Trinajstić information content (AvgIpc) is 2.26. The number of allylic oxidation sites excluding steroid dienone is 5. The summed E-state index contributed by atoms with van der Waals surface area (Å²) >= 11 is 0. The van der Waals surface area contributed by atoms with Crippen LogP contribution in [0, 0.1) is 47.4 Å². The predicted molar refractivity (Wildman–Crippen MR) is 65.3 cm³/mol. The van der Waals surface area contributed by atoms with Gasteiger partial charge in [0.05, 0.1) is 0 Å². The van der Waals surface area contributed by atoms with Crippen LogP contribution >= 0.6 is 0 Å². The van der Waals surface area contributed by atoms with Crippen molar-refractivity contribution in [3.63, 3.8) is 0 Å². The largest absolute Gasteiger partial charge is 0.0991 e. The Labute approximate surface area is 91.8 Å². The van der Waals surface area contributed by atoms with Gasteiger partial charge in [-0.25, -0.2) is 0 Å². The van der Waals surface area contributed by atoms with E-state index in [0.717, 1.165) is 0 Å². The second-order valence-electron chi connectivity index (χ2n) is 2.12. The van der Waals surface area contributed by atoms with Crippen molar-refractivity contribution in [2.45, 2.75) is 6.92 Å². The predicted octanol–water partition coefficient (Wildman–Crippen LogP) is 2.32. The SMILES string of the molecule is C=CC=CC=CC#CC#CC#CC#CC. The number of hydrogen-bond acceptors (Lipinski definition) is 0. The van der Waals surface area contributed by atoms with Gasteiger partial charge in [-0.15, -0.1) is 0 Å². The molecule has 0 amide bonds. The minimum Gasteiger partial charge on any atom is -0.0991 e. The molecular weight excluding hydrogens is 180 g/mol. The molecule has 0 radical (unpaired) electrons. The third-order valence-electron chi connectivity index (χ3n) is 1.05. The van der Waals surface area contributed by atoms with Crippen molar-refractivity contribution in [3.05, 3.63) is 37.0 Å². The van der Waals surface area contributed by atoms with Crippen molar-refractivity contribution in [1.82, 2.24) is 0 Å². The zero-order valence-corrected chi connectivity index (χ0v) is 8.59. The molecule has 0 saturated heterocycles. The molecule has 0 aromatic rings. The molecule has 0 saturated carbocycles. The lowest BCUT2D eigenvalue weighted by Crippen LogP contribution is -1.54. The summed E-state index contributed by atoms with van der Waals surface area (Å²) in [6.45, 7) is 5.26. The summed E-state index contributed by atoms with van der Waals surface area (Å²) in [5.41, 5.74) is 0. The molecule has 0 N–H and O–H groups in total. The Balaban J connectivity index is 4.04. The first-order chi connectivity index (χ1) is 7.41. The van der Waals surface area contributed by atoms with Gasteiger partial charge in [-0.3, -0.25) is 0 Å². The standard InChI is InChI=1S/C15H10/c1-3-5-7-9-11-13-15-14-12-10-8-6-4-2/h3,5,7,9,11H,1H2,2H3. The van der Waals surface area contributed by atoms with E-state index >= 15 is 0 Å². The zero-order chi connectivity index (χ0) is 11.2. The molecule has 0 rings (SSSR count). The Hall–Kier alpha value is -2.54. The summed E-state index contributed by atoms with van der Waals surface area (Å²) < 4.78 is 0. The van der Waals surface area contributed by atoms with E-state index in [1.54, 1.807) is 19.1 Å². The van der Waals surface area contributed by atoms with Gasteiger partial charge in [-0.2, -0.15) is 0 Å². The quantitative estimate of drug-likeness (QED) is 0.463. The number of rotatable bonds is 2. The second kappa shape index (κ2) is 11.5. The van der Waals surface area contributed by atoms with E-state index in [0.29, 0.717) is 0 Å². The summed E-state index contributed by atoms with van der Waals surface area (Å²) in [6, 6.07) is 0. The van der Waals surface area contributed by atoms with Crippen LogP contribution in [-0.4, -0.2) is 0 Å². The van der Waals surface area contributed by atoms with Crippen LogP contribution in [0.5, 0.6) is 0 Å². The summed E-state index contributed by atoms with van der Waals surface area (Å²) in [4.78, 5) is 0. The third-order valence-corrected chi connectivity index (χ3v) is 1.05. The maximum absolute atomic E-state index is 3.54. The van der Waals surface area contributed by atoms with Crippen LogP contribution in [0.1, 0.15) is 6.92 Å². The van der Waals surface area contributed by atoms with Crippen LogP contribution in [0.25, 0.3) is 0 Å². The molecule has 0 nitrogen and oxygen atoms in total. The Morgan fingerprint density at radius 3 is 2.13 bits per heavy atom. The van der Waals surface area contributed by atoms with Crippen LogP contribution in [0.15, 0.2) is 37.0 Å². The Bertz CT molecular complexity index is 483. The maximum Gasteiger partial charge on any atom is -0.0000226 e. The van der Waals surface area contributed by atoms with E-state index in [4.69, 9.17) is 0 Å². The van der Waals surface area contributed by atoms with Crippen LogP contribution in [0.2, 0.25) is 0 Å². The monoisotopic (exact) mass is 190 g/mol. The Morgan fingerprint density at radius 2 is 1.47 bits per heavy atom. The summed E-state index contributed by atoms with van der Waals surface area (Å²) in [7, 11) is 0. The first kappa shape index (κ1) is 12.5. The van der Waals surface area contributed by atoms with Crippen LogP contribution in [0.3, 0.4) is 0 Å². The van der Waals surface area contributed by atoms with E-state index < -0.39 is 0 Å². The molecule has 0 aromatic heterocycles. The summed E-state index contributed by atoms with van der Waals surface area (Å²) in [5.74, 6) is 20.9. The third kappa shape index (κ3) is 11.5. The maximum atomic E-state index is 3.54. The molecule has 0 aliphatic heterocycles. The van der Waals surface area contributed by atoms with Gasteiger partial charge in [0, 0.05) is 0 Å². The van der Waals surface area contributed by atoms with E-state index in [9.17, 15) is 0 Å².